The Morgan fingerprint density at radius 3 is 2.00 bits per heavy atom. The Kier molecular flexibility index (Phi) is 6.44. The molecule has 1 N–H and O–H groups in total. The zero-order valence-corrected chi connectivity index (χ0v) is 17.0. The van der Waals surface area contributed by atoms with Crippen LogP contribution in [0.5, 0.6) is 0 Å². The van der Waals surface area contributed by atoms with E-state index >= 15 is 0 Å². The Balaban J connectivity index is 1.93. The molecular weight excluding hydrogens is 400 g/mol. The lowest BCUT2D eigenvalue weighted by Gasteiger charge is -2.22. The summed E-state index contributed by atoms with van der Waals surface area (Å²) in [4.78, 5) is 25.3. The zero-order valence-electron chi connectivity index (χ0n) is 16.2. The number of rotatable bonds is 5. The Hall–Kier alpha value is -3.71. The van der Waals surface area contributed by atoms with Crippen molar-refractivity contribution in [1.29, 1.82) is 0 Å². The van der Waals surface area contributed by atoms with Crippen LogP contribution in [0.4, 0.5) is 0 Å². The van der Waals surface area contributed by atoms with Gasteiger partial charge in [-0.3, -0.25) is 9.59 Å². The summed E-state index contributed by atoms with van der Waals surface area (Å²) >= 11 is 0. The van der Waals surface area contributed by atoms with Crippen LogP contribution < -0.4 is 5.43 Å². The Morgan fingerprint density at radius 1 is 0.833 bits per heavy atom. The highest BCUT2D eigenvalue weighted by Gasteiger charge is 2.31. The van der Waals surface area contributed by atoms with E-state index in [0.717, 1.165) is 11.1 Å². The molecule has 3 rings (SSSR count). The quantitative estimate of drug-likeness (QED) is 0.505. The van der Waals surface area contributed by atoms with Crippen molar-refractivity contribution in [1.82, 2.24) is 9.84 Å². The predicted octanol–water partition coefficient (Wildman–Crippen LogP) is 3.57. The molecule has 7 heteroatoms. The number of benzene rings is 3. The highest BCUT2D eigenvalue weighted by Crippen LogP contribution is 2.17. The fourth-order valence-electron chi connectivity index (χ4n) is 2.61. The predicted molar refractivity (Wildman–Crippen MR) is 115 cm³/mol. The third kappa shape index (κ3) is 5.01. The molecule has 3 aromatic carbocycles. The first-order valence-corrected chi connectivity index (χ1v) is 10.6. The molecule has 0 aliphatic carbocycles. The number of aryl methyl sites for hydroxylation is 1. The van der Waals surface area contributed by atoms with Crippen molar-refractivity contribution in [3.8, 4) is 0 Å². The summed E-state index contributed by atoms with van der Waals surface area (Å²) in [5.41, 5.74) is 3.96. The molecule has 0 fully saturated rings. The molecule has 0 bridgehead atoms. The number of amides is 2. The lowest BCUT2D eigenvalue weighted by atomic mass is 10.2. The van der Waals surface area contributed by atoms with E-state index in [4.69, 9.17) is 0 Å². The summed E-state index contributed by atoms with van der Waals surface area (Å²) in [7, 11) is -4.33. The maximum absolute atomic E-state index is 13.1. The highest BCUT2D eigenvalue weighted by molar-refractivity contribution is 7.89. The largest absolute Gasteiger partial charge is 0.286 e. The number of sulfonamides is 1. The second-order valence-corrected chi connectivity index (χ2v) is 8.26. The molecule has 0 aromatic heterocycles. The van der Waals surface area contributed by atoms with Crippen LogP contribution in [0.1, 0.15) is 21.5 Å². The average Bonchev–Trinajstić information content (AvgIpc) is 2.77. The topological polar surface area (TPSA) is 83.6 Å². The molecule has 0 aliphatic heterocycles. The minimum absolute atomic E-state index is 0.107. The van der Waals surface area contributed by atoms with Crippen molar-refractivity contribution in [2.75, 3.05) is 0 Å². The van der Waals surface area contributed by atoms with Crippen molar-refractivity contribution < 1.29 is 18.0 Å². The van der Waals surface area contributed by atoms with Gasteiger partial charge < -0.3 is 0 Å². The van der Waals surface area contributed by atoms with E-state index in [1.165, 1.54) is 36.4 Å². The van der Waals surface area contributed by atoms with Crippen LogP contribution in [-0.4, -0.2) is 24.6 Å². The van der Waals surface area contributed by atoms with Gasteiger partial charge in [0.25, 0.3) is 21.8 Å². The van der Waals surface area contributed by atoms with Gasteiger partial charge in [0.15, 0.2) is 0 Å². The molecule has 0 radical (unpaired) electrons. The van der Waals surface area contributed by atoms with Gasteiger partial charge in [-0.05, 0) is 42.8 Å². The number of hydrazine groups is 1. The number of hydrogen-bond donors (Lipinski definition) is 1. The van der Waals surface area contributed by atoms with Gasteiger partial charge in [-0.2, -0.15) is 8.42 Å². The summed E-state index contributed by atoms with van der Waals surface area (Å²) in [6.45, 7) is 1.82. The standard InChI is InChI=1S/C23H20N2O4S/c1-18-12-15-21(16-13-18)30(28,29)25(23(27)20-10-6-3-7-11-20)24-22(26)17-14-19-8-4-2-5-9-19/h2-17H,1H3,(H,24,26)/b17-14+. The first kappa shape index (κ1) is 21.0. The number of carbonyl (C=O) groups is 2. The lowest BCUT2D eigenvalue weighted by molar-refractivity contribution is -0.118. The van der Waals surface area contributed by atoms with Crippen molar-refractivity contribution >= 4 is 27.9 Å². The van der Waals surface area contributed by atoms with Crippen LogP contribution in [0.15, 0.2) is 95.9 Å². The van der Waals surface area contributed by atoms with E-state index < -0.39 is 21.8 Å². The van der Waals surface area contributed by atoms with Crippen molar-refractivity contribution in [2.45, 2.75) is 11.8 Å². The van der Waals surface area contributed by atoms with Crippen LogP contribution in [-0.2, 0) is 14.8 Å². The summed E-state index contributed by atoms with van der Waals surface area (Å²) in [6.07, 6.45) is 2.70. The van der Waals surface area contributed by atoms with Crippen molar-refractivity contribution in [3.63, 3.8) is 0 Å². The molecule has 0 atom stereocenters. The first-order chi connectivity index (χ1) is 14.4. The van der Waals surface area contributed by atoms with Crippen molar-refractivity contribution in [3.05, 3.63) is 108 Å². The molecule has 0 heterocycles. The van der Waals surface area contributed by atoms with E-state index in [1.54, 1.807) is 42.5 Å². The second kappa shape index (κ2) is 9.19. The summed E-state index contributed by atoms with van der Waals surface area (Å²) < 4.78 is 26.6. The highest BCUT2D eigenvalue weighted by atomic mass is 32.2. The van der Waals surface area contributed by atoms with Crippen LogP contribution in [0.3, 0.4) is 0 Å². The molecule has 0 saturated heterocycles. The lowest BCUT2D eigenvalue weighted by Crippen LogP contribution is -2.49. The molecule has 0 saturated carbocycles. The molecule has 6 nitrogen and oxygen atoms in total. The molecule has 2 amide bonds. The van der Waals surface area contributed by atoms with Gasteiger partial charge in [-0.1, -0.05) is 66.2 Å². The maximum atomic E-state index is 13.1. The summed E-state index contributed by atoms with van der Waals surface area (Å²) in [5, 5.41) is 0. The maximum Gasteiger partial charge on any atom is 0.286 e. The van der Waals surface area contributed by atoms with Gasteiger partial charge in [-0.15, -0.1) is 4.41 Å². The fraction of sp³-hybridized carbons (Fsp3) is 0.0435. The van der Waals surface area contributed by atoms with Gasteiger partial charge in [0, 0.05) is 11.6 Å². The van der Waals surface area contributed by atoms with E-state index in [-0.39, 0.29) is 10.5 Å². The van der Waals surface area contributed by atoms with Gasteiger partial charge in [0.2, 0.25) is 0 Å². The van der Waals surface area contributed by atoms with Crippen LogP contribution >= 0.6 is 0 Å². The zero-order chi connectivity index (χ0) is 21.6. The minimum Gasteiger partial charge on any atom is -0.268 e. The molecular formula is C23H20N2O4S. The third-order valence-corrected chi connectivity index (χ3v) is 5.81. The van der Waals surface area contributed by atoms with E-state index in [9.17, 15) is 18.0 Å². The molecule has 0 aliphatic rings. The van der Waals surface area contributed by atoms with Gasteiger partial charge in [0.1, 0.15) is 0 Å². The van der Waals surface area contributed by atoms with Crippen LogP contribution in [0.2, 0.25) is 0 Å². The molecule has 0 spiro atoms. The molecule has 3 aromatic rings. The second-order valence-electron chi connectivity index (χ2n) is 6.47. The number of nitrogens with zero attached hydrogens (tertiary/aromatic N) is 1. The average molecular weight is 420 g/mol. The fourth-order valence-corrected chi connectivity index (χ4v) is 3.83. The molecule has 152 valence electrons. The van der Waals surface area contributed by atoms with Gasteiger partial charge in [-0.25, -0.2) is 5.43 Å². The van der Waals surface area contributed by atoms with Crippen LogP contribution in [0, 0.1) is 6.92 Å². The molecule has 0 unspecified atom stereocenters. The first-order valence-electron chi connectivity index (χ1n) is 9.13. The normalized spacial score (nSPS) is 11.2. The van der Waals surface area contributed by atoms with E-state index in [2.05, 4.69) is 5.43 Å². The smallest absolute Gasteiger partial charge is 0.268 e. The van der Waals surface area contributed by atoms with Crippen molar-refractivity contribution in [2.24, 2.45) is 0 Å². The van der Waals surface area contributed by atoms with E-state index in [1.807, 2.05) is 25.1 Å². The van der Waals surface area contributed by atoms with E-state index in [0.29, 0.717) is 4.41 Å². The number of carbonyl (C=O) groups excluding carboxylic acids is 2. The van der Waals surface area contributed by atoms with Crippen LogP contribution in [0.25, 0.3) is 6.08 Å². The Labute approximate surface area is 175 Å². The molecule has 30 heavy (non-hydrogen) atoms. The SMILES string of the molecule is Cc1ccc(S(=O)(=O)N(NC(=O)/C=C/c2ccccc2)C(=O)c2ccccc2)cc1. The van der Waals surface area contributed by atoms with Gasteiger partial charge >= 0.3 is 0 Å². The van der Waals surface area contributed by atoms with Gasteiger partial charge in [0.05, 0.1) is 4.90 Å². The summed E-state index contributed by atoms with van der Waals surface area (Å²) in [5.74, 6) is -1.61. The monoisotopic (exact) mass is 420 g/mol. The summed E-state index contributed by atoms with van der Waals surface area (Å²) in [6, 6.07) is 22.9. The Morgan fingerprint density at radius 2 is 1.40 bits per heavy atom. The number of hydrogen-bond acceptors (Lipinski definition) is 4. The minimum atomic E-state index is -4.33. The number of nitrogens with one attached hydrogen (secondary N) is 1. The Bertz CT molecular complexity index is 1160. The third-order valence-electron chi connectivity index (χ3n) is 4.20.